The highest BCUT2D eigenvalue weighted by atomic mass is 127. The zero-order valence-corrected chi connectivity index (χ0v) is 20.1. The van der Waals surface area contributed by atoms with Gasteiger partial charge in [0, 0.05) is 59.5 Å². The van der Waals surface area contributed by atoms with Crippen molar-refractivity contribution in [2.24, 2.45) is 4.99 Å². The molecule has 156 valence electrons. The average molecular weight is 524 g/mol. The second-order valence-electron chi connectivity index (χ2n) is 6.76. The zero-order valence-electron chi connectivity index (χ0n) is 16.9. The number of aromatic amines is 1. The van der Waals surface area contributed by atoms with Crippen molar-refractivity contribution in [3.63, 3.8) is 0 Å². The number of benzene rings is 2. The van der Waals surface area contributed by atoms with E-state index < -0.39 is 10.8 Å². The van der Waals surface area contributed by atoms with Gasteiger partial charge in [-0.2, -0.15) is 0 Å². The van der Waals surface area contributed by atoms with E-state index in [1.165, 1.54) is 22.0 Å². The van der Waals surface area contributed by atoms with E-state index in [1.54, 1.807) is 7.05 Å². The van der Waals surface area contributed by atoms with Gasteiger partial charge in [-0.25, -0.2) is 0 Å². The molecule has 7 heteroatoms. The van der Waals surface area contributed by atoms with Crippen molar-refractivity contribution in [1.29, 1.82) is 0 Å². The summed E-state index contributed by atoms with van der Waals surface area (Å²) in [4.78, 5) is 7.62. The maximum absolute atomic E-state index is 12.2. The lowest BCUT2D eigenvalue weighted by Crippen LogP contribution is -2.40. The van der Waals surface area contributed by atoms with Crippen LogP contribution < -0.4 is 10.6 Å². The largest absolute Gasteiger partial charge is 0.361 e. The van der Waals surface area contributed by atoms with E-state index in [-0.39, 0.29) is 24.0 Å². The predicted octanol–water partition coefficient (Wildman–Crippen LogP) is 3.75. The average Bonchev–Trinajstić information content (AvgIpc) is 3.12. The second-order valence-corrected chi connectivity index (χ2v) is 8.34. The quantitative estimate of drug-likeness (QED) is 0.239. The van der Waals surface area contributed by atoms with E-state index in [1.807, 2.05) is 30.3 Å². The van der Waals surface area contributed by atoms with Crippen LogP contribution in [0.15, 0.2) is 59.7 Å². The van der Waals surface area contributed by atoms with Crippen molar-refractivity contribution in [3.05, 3.63) is 71.4 Å². The van der Waals surface area contributed by atoms with Crippen LogP contribution in [-0.2, 0) is 23.0 Å². The highest BCUT2D eigenvalue weighted by Crippen LogP contribution is 2.21. The molecule has 29 heavy (non-hydrogen) atoms. The number of guanidine groups is 1. The Hall–Kier alpha value is -1.87. The van der Waals surface area contributed by atoms with Crippen LogP contribution in [0.4, 0.5) is 0 Å². The fourth-order valence-corrected chi connectivity index (χ4v) is 4.26. The first-order chi connectivity index (χ1) is 13.7. The molecular formula is C22H29IN4OS. The minimum atomic E-state index is -0.887. The van der Waals surface area contributed by atoms with Crippen molar-refractivity contribution in [2.75, 3.05) is 25.9 Å². The van der Waals surface area contributed by atoms with Crippen molar-refractivity contribution >= 4 is 51.6 Å². The highest BCUT2D eigenvalue weighted by molar-refractivity contribution is 14.0. The molecule has 1 atom stereocenters. The molecule has 3 N–H and O–H groups in total. The summed E-state index contributed by atoms with van der Waals surface area (Å²) in [5, 5.41) is 7.87. The van der Waals surface area contributed by atoms with Crippen molar-refractivity contribution in [3.8, 4) is 0 Å². The summed E-state index contributed by atoms with van der Waals surface area (Å²) >= 11 is 0. The minimum Gasteiger partial charge on any atom is -0.361 e. The van der Waals surface area contributed by atoms with Crippen molar-refractivity contribution in [2.45, 2.75) is 19.1 Å². The molecule has 0 amide bonds. The van der Waals surface area contributed by atoms with Gasteiger partial charge in [0.15, 0.2) is 5.96 Å². The Bertz CT molecular complexity index is 956. The third-order valence-corrected chi connectivity index (χ3v) is 6.03. The molecule has 1 heterocycles. The molecule has 0 saturated carbocycles. The molecule has 5 nitrogen and oxygen atoms in total. The zero-order chi connectivity index (χ0) is 19.8. The SMILES string of the molecule is CN=C(NCCc1c[nH]c2c(C)cccc12)NCCS(=O)Cc1ccccc1.I. The van der Waals surface area contributed by atoms with E-state index in [0.29, 0.717) is 18.1 Å². The van der Waals surface area contributed by atoms with Gasteiger partial charge in [0.2, 0.25) is 0 Å². The number of aryl methyl sites for hydroxylation is 1. The van der Waals surface area contributed by atoms with Gasteiger partial charge < -0.3 is 15.6 Å². The van der Waals surface area contributed by atoms with E-state index in [2.05, 4.69) is 51.9 Å². The Kier molecular flexibility index (Phi) is 9.66. The van der Waals surface area contributed by atoms with Crippen LogP contribution in [0.25, 0.3) is 10.9 Å². The summed E-state index contributed by atoms with van der Waals surface area (Å²) in [6.45, 7) is 3.54. The summed E-state index contributed by atoms with van der Waals surface area (Å²) in [5.74, 6) is 1.93. The van der Waals surface area contributed by atoms with E-state index >= 15 is 0 Å². The van der Waals surface area contributed by atoms with Gasteiger partial charge in [0.05, 0.1) is 0 Å². The Balaban J connectivity index is 0.00000300. The van der Waals surface area contributed by atoms with E-state index in [4.69, 9.17) is 0 Å². The van der Waals surface area contributed by atoms with Gasteiger partial charge >= 0.3 is 0 Å². The number of para-hydroxylation sites is 1. The summed E-state index contributed by atoms with van der Waals surface area (Å²) in [6, 6.07) is 16.3. The summed E-state index contributed by atoms with van der Waals surface area (Å²) < 4.78 is 12.2. The predicted molar refractivity (Wildman–Crippen MR) is 135 cm³/mol. The Morgan fingerprint density at radius 1 is 1.07 bits per heavy atom. The molecular weight excluding hydrogens is 495 g/mol. The minimum absolute atomic E-state index is 0. The third-order valence-electron chi connectivity index (χ3n) is 4.71. The number of hydrogen-bond donors (Lipinski definition) is 3. The lowest BCUT2D eigenvalue weighted by molar-refractivity contribution is 0.680. The number of H-pyrrole nitrogens is 1. The second kappa shape index (κ2) is 12.0. The van der Waals surface area contributed by atoms with Crippen LogP contribution in [0.2, 0.25) is 0 Å². The molecule has 2 aromatic carbocycles. The third kappa shape index (κ3) is 6.85. The smallest absolute Gasteiger partial charge is 0.191 e. The van der Waals surface area contributed by atoms with Gasteiger partial charge in [-0.15, -0.1) is 24.0 Å². The molecule has 0 aliphatic heterocycles. The van der Waals surface area contributed by atoms with Crippen LogP contribution in [0.5, 0.6) is 0 Å². The fourth-order valence-electron chi connectivity index (χ4n) is 3.22. The molecule has 0 aliphatic carbocycles. The Labute approximate surface area is 192 Å². The van der Waals surface area contributed by atoms with Crippen LogP contribution in [0, 0.1) is 6.92 Å². The number of hydrogen-bond acceptors (Lipinski definition) is 2. The van der Waals surface area contributed by atoms with E-state index in [0.717, 1.165) is 24.5 Å². The summed E-state index contributed by atoms with van der Waals surface area (Å²) in [7, 11) is 0.868. The standard InChI is InChI=1S/C22H28N4OS.HI/c1-17-7-6-10-20-19(15-26-21(17)20)11-12-24-22(23-2)25-13-14-28(27)16-18-8-4-3-5-9-18;/h3-10,15,26H,11-14,16H2,1-2H3,(H2,23,24,25);1H. The molecule has 3 aromatic rings. The molecule has 1 aromatic heterocycles. The van der Waals surface area contributed by atoms with Gasteiger partial charge in [-0.3, -0.25) is 9.20 Å². The topological polar surface area (TPSA) is 69.3 Å². The number of nitrogens with zero attached hydrogens (tertiary/aromatic N) is 1. The maximum Gasteiger partial charge on any atom is 0.191 e. The van der Waals surface area contributed by atoms with Crippen LogP contribution in [0.3, 0.4) is 0 Å². The Morgan fingerprint density at radius 2 is 1.83 bits per heavy atom. The monoisotopic (exact) mass is 524 g/mol. The van der Waals surface area contributed by atoms with Gasteiger partial charge in [0.1, 0.15) is 0 Å². The lowest BCUT2D eigenvalue weighted by Gasteiger charge is -2.11. The van der Waals surface area contributed by atoms with Gasteiger partial charge in [0.25, 0.3) is 0 Å². The first-order valence-electron chi connectivity index (χ1n) is 9.56. The summed E-state index contributed by atoms with van der Waals surface area (Å²) in [6.07, 6.45) is 2.99. The number of halogens is 1. The van der Waals surface area contributed by atoms with Crippen LogP contribution in [-0.4, -0.2) is 41.0 Å². The summed E-state index contributed by atoms with van der Waals surface area (Å²) in [5.41, 5.74) is 4.88. The van der Waals surface area contributed by atoms with Crippen molar-refractivity contribution < 1.29 is 4.21 Å². The molecule has 0 spiro atoms. The number of aromatic nitrogens is 1. The number of nitrogens with one attached hydrogen (secondary N) is 3. The van der Waals surface area contributed by atoms with E-state index in [9.17, 15) is 4.21 Å². The molecule has 0 bridgehead atoms. The van der Waals surface area contributed by atoms with Crippen LogP contribution >= 0.6 is 24.0 Å². The normalized spacial score (nSPS) is 12.4. The number of rotatable bonds is 8. The fraction of sp³-hybridized carbons (Fsp3) is 0.318. The molecule has 0 fully saturated rings. The molecule has 0 radical (unpaired) electrons. The molecule has 0 aliphatic rings. The lowest BCUT2D eigenvalue weighted by atomic mass is 10.1. The van der Waals surface area contributed by atoms with Crippen molar-refractivity contribution in [1.82, 2.24) is 15.6 Å². The first kappa shape index (κ1) is 23.4. The number of fused-ring (bicyclic) bond motifs is 1. The molecule has 3 rings (SSSR count). The number of aliphatic imine (C=N–C) groups is 1. The molecule has 0 saturated heterocycles. The maximum atomic E-state index is 12.2. The van der Waals surface area contributed by atoms with Gasteiger partial charge in [-0.1, -0.05) is 48.5 Å². The first-order valence-corrected chi connectivity index (χ1v) is 11.0. The highest BCUT2D eigenvalue weighted by Gasteiger charge is 2.06. The Morgan fingerprint density at radius 3 is 2.59 bits per heavy atom. The van der Waals surface area contributed by atoms with Crippen LogP contribution in [0.1, 0.15) is 16.7 Å². The molecule has 1 unspecified atom stereocenters. The van der Waals surface area contributed by atoms with Gasteiger partial charge in [-0.05, 0) is 30.0 Å².